The molecule has 0 radical (unpaired) electrons. The molecule has 1 aromatic heterocycles. The van der Waals surface area contributed by atoms with Gasteiger partial charge in [0.2, 0.25) is 5.89 Å². The maximum Gasteiger partial charge on any atom is 0.226 e. The third kappa shape index (κ3) is 8.10. The lowest BCUT2D eigenvalue weighted by Crippen LogP contribution is -2.38. The van der Waals surface area contributed by atoms with Gasteiger partial charge < -0.3 is 24.5 Å². The van der Waals surface area contributed by atoms with Gasteiger partial charge in [0.1, 0.15) is 6.26 Å². The monoisotopic (exact) mass is 388 g/mol. The molecule has 0 atom stereocenters. The molecule has 0 aliphatic carbocycles. The number of nitrogens with zero attached hydrogens (tertiary/aromatic N) is 2. The highest BCUT2D eigenvalue weighted by atomic mass is 16.5. The van der Waals surface area contributed by atoms with Gasteiger partial charge in [0.25, 0.3) is 0 Å². The zero-order valence-electron chi connectivity index (χ0n) is 17.2. The van der Waals surface area contributed by atoms with Crippen molar-refractivity contribution >= 4 is 5.96 Å². The topological polar surface area (TPSA) is 80.9 Å². The van der Waals surface area contributed by atoms with Crippen LogP contribution >= 0.6 is 0 Å². The van der Waals surface area contributed by atoms with Crippen molar-refractivity contribution in [2.45, 2.75) is 33.2 Å². The van der Waals surface area contributed by atoms with Crippen molar-refractivity contribution in [2.24, 2.45) is 4.99 Å². The number of unbranched alkanes of at least 4 members (excludes halogenated alkanes) is 1. The molecule has 0 saturated heterocycles. The molecule has 0 aliphatic heterocycles. The number of aromatic nitrogens is 1. The fourth-order valence-corrected chi connectivity index (χ4v) is 2.42. The van der Waals surface area contributed by atoms with Gasteiger partial charge in [0.05, 0.1) is 32.1 Å². The molecule has 0 bridgehead atoms. The summed E-state index contributed by atoms with van der Waals surface area (Å²) >= 11 is 0. The largest absolute Gasteiger partial charge is 0.444 e. The average Bonchev–Trinajstić information content (AvgIpc) is 3.18. The zero-order valence-corrected chi connectivity index (χ0v) is 17.2. The molecular weight excluding hydrogens is 356 g/mol. The standard InChI is InChI=1S/C21H32N4O3/c1-4-5-11-26-13-14-27-12-10-23-21(22-3)24-15-19-16-28-20(25-19)18-8-6-17(2)7-9-18/h6-9,16H,4-5,10-15H2,1-3H3,(H2,22,23,24). The molecule has 28 heavy (non-hydrogen) atoms. The second-order valence-corrected chi connectivity index (χ2v) is 6.44. The second kappa shape index (κ2) is 12.9. The van der Waals surface area contributed by atoms with Crippen LogP contribution in [0.5, 0.6) is 0 Å². The Labute approximate surface area is 167 Å². The lowest BCUT2D eigenvalue weighted by atomic mass is 10.1. The van der Waals surface area contributed by atoms with Crippen LogP contribution in [0.2, 0.25) is 0 Å². The van der Waals surface area contributed by atoms with Crippen molar-refractivity contribution in [3.63, 3.8) is 0 Å². The summed E-state index contributed by atoms with van der Waals surface area (Å²) in [4.78, 5) is 8.72. The number of guanidine groups is 1. The third-order valence-electron chi connectivity index (χ3n) is 4.06. The Kier molecular flexibility index (Phi) is 10.1. The summed E-state index contributed by atoms with van der Waals surface area (Å²) in [6.45, 7) is 8.06. The number of ether oxygens (including phenoxy) is 2. The first kappa shape index (κ1) is 21.9. The van der Waals surface area contributed by atoms with Gasteiger partial charge >= 0.3 is 0 Å². The molecule has 2 N–H and O–H groups in total. The first-order chi connectivity index (χ1) is 13.7. The Bertz CT molecular complexity index is 698. The Morgan fingerprint density at radius 2 is 1.82 bits per heavy atom. The highest BCUT2D eigenvalue weighted by Crippen LogP contribution is 2.18. The lowest BCUT2D eigenvalue weighted by Gasteiger charge is -2.11. The number of nitrogens with one attached hydrogen (secondary N) is 2. The Balaban J connectivity index is 1.62. The van der Waals surface area contributed by atoms with Gasteiger partial charge in [-0.25, -0.2) is 4.98 Å². The first-order valence-corrected chi connectivity index (χ1v) is 9.84. The molecule has 7 nitrogen and oxygen atoms in total. The maximum absolute atomic E-state index is 5.57. The van der Waals surface area contributed by atoms with E-state index in [0.717, 1.165) is 30.7 Å². The number of aryl methyl sites for hydroxylation is 1. The third-order valence-corrected chi connectivity index (χ3v) is 4.06. The van der Waals surface area contributed by atoms with Gasteiger partial charge in [0, 0.05) is 25.8 Å². The van der Waals surface area contributed by atoms with Crippen LogP contribution in [0.4, 0.5) is 0 Å². The maximum atomic E-state index is 5.57. The molecule has 7 heteroatoms. The van der Waals surface area contributed by atoms with Crippen molar-refractivity contribution in [1.29, 1.82) is 0 Å². The van der Waals surface area contributed by atoms with Crippen molar-refractivity contribution in [3.8, 4) is 11.5 Å². The van der Waals surface area contributed by atoms with Crippen LogP contribution in [0.15, 0.2) is 39.9 Å². The smallest absolute Gasteiger partial charge is 0.226 e. The fraction of sp³-hybridized carbons (Fsp3) is 0.524. The number of aliphatic imine (C=N–C) groups is 1. The summed E-state index contributed by atoms with van der Waals surface area (Å²) in [6.07, 6.45) is 3.91. The zero-order chi connectivity index (χ0) is 20.0. The number of hydrogen-bond acceptors (Lipinski definition) is 5. The number of rotatable bonds is 12. The van der Waals surface area contributed by atoms with Crippen molar-refractivity contribution in [1.82, 2.24) is 15.6 Å². The molecular formula is C21H32N4O3. The molecule has 0 amide bonds. The van der Waals surface area contributed by atoms with E-state index in [1.807, 2.05) is 24.3 Å². The molecule has 0 fully saturated rings. The van der Waals surface area contributed by atoms with Crippen molar-refractivity contribution in [2.75, 3.05) is 40.0 Å². The molecule has 1 aromatic carbocycles. The quantitative estimate of drug-likeness (QED) is 0.330. The number of oxazole rings is 1. The van der Waals surface area contributed by atoms with E-state index in [0.29, 0.717) is 44.8 Å². The van der Waals surface area contributed by atoms with Gasteiger partial charge in [-0.3, -0.25) is 4.99 Å². The molecule has 0 unspecified atom stereocenters. The molecule has 0 spiro atoms. The lowest BCUT2D eigenvalue weighted by molar-refractivity contribution is 0.0487. The van der Waals surface area contributed by atoms with E-state index in [1.165, 1.54) is 5.56 Å². The molecule has 1 heterocycles. The second-order valence-electron chi connectivity index (χ2n) is 6.44. The van der Waals surface area contributed by atoms with Crippen LogP contribution in [-0.4, -0.2) is 51.0 Å². The van der Waals surface area contributed by atoms with Gasteiger partial charge in [-0.05, 0) is 25.5 Å². The highest BCUT2D eigenvalue weighted by molar-refractivity contribution is 5.79. The van der Waals surface area contributed by atoms with E-state index in [-0.39, 0.29) is 0 Å². The number of benzene rings is 1. The van der Waals surface area contributed by atoms with Crippen molar-refractivity contribution < 1.29 is 13.9 Å². The minimum absolute atomic E-state index is 0.529. The van der Waals surface area contributed by atoms with E-state index in [9.17, 15) is 0 Å². The average molecular weight is 389 g/mol. The van der Waals surface area contributed by atoms with E-state index in [4.69, 9.17) is 13.9 Å². The van der Waals surface area contributed by atoms with Gasteiger partial charge in [-0.2, -0.15) is 0 Å². The Morgan fingerprint density at radius 1 is 1.07 bits per heavy atom. The van der Waals surface area contributed by atoms with Crippen molar-refractivity contribution in [3.05, 3.63) is 41.8 Å². The van der Waals surface area contributed by atoms with Gasteiger partial charge in [-0.15, -0.1) is 0 Å². The minimum atomic E-state index is 0.529. The van der Waals surface area contributed by atoms with E-state index in [1.54, 1.807) is 13.3 Å². The SMILES string of the molecule is CCCCOCCOCCNC(=NC)NCc1coc(-c2ccc(C)cc2)n1. The summed E-state index contributed by atoms with van der Waals surface area (Å²) in [5.74, 6) is 1.32. The summed E-state index contributed by atoms with van der Waals surface area (Å²) in [5.41, 5.74) is 2.99. The van der Waals surface area contributed by atoms with Crippen LogP contribution in [0.25, 0.3) is 11.5 Å². The molecule has 0 saturated carbocycles. The van der Waals surface area contributed by atoms with Crippen LogP contribution in [0.3, 0.4) is 0 Å². The molecule has 0 aliphatic rings. The van der Waals surface area contributed by atoms with Gasteiger partial charge in [-0.1, -0.05) is 31.0 Å². The van der Waals surface area contributed by atoms with E-state index in [2.05, 4.69) is 34.5 Å². The Morgan fingerprint density at radius 3 is 2.54 bits per heavy atom. The highest BCUT2D eigenvalue weighted by Gasteiger charge is 2.07. The molecule has 154 valence electrons. The predicted octanol–water partition coefficient (Wildman–Crippen LogP) is 3.15. The summed E-state index contributed by atoms with van der Waals surface area (Å²) in [5, 5.41) is 6.43. The van der Waals surface area contributed by atoms with E-state index < -0.39 is 0 Å². The predicted molar refractivity (Wildman–Crippen MR) is 111 cm³/mol. The van der Waals surface area contributed by atoms with Crippen LogP contribution in [0.1, 0.15) is 31.0 Å². The van der Waals surface area contributed by atoms with Crippen LogP contribution in [-0.2, 0) is 16.0 Å². The van der Waals surface area contributed by atoms with Crippen LogP contribution in [0, 0.1) is 6.92 Å². The summed E-state index contributed by atoms with van der Waals surface area (Å²) in [7, 11) is 1.73. The number of hydrogen-bond donors (Lipinski definition) is 2. The minimum Gasteiger partial charge on any atom is -0.444 e. The normalized spacial score (nSPS) is 11.6. The van der Waals surface area contributed by atoms with E-state index >= 15 is 0 Å². The summed E-state index contributed by atoms with van der Waals surface area (Å²) in [6, 6.07) is 8.10. The van der Waals surface area contributed by atoms with Crippen LogP contribution < -0.4 is 10.6 Å². The first-order valence-electron chi connectivity index (χ1n) is 9.84. The summed E-state index contributed by atoms with van der Waals surface area (Å²) < 4.78 is 16.6. The van der Waals surface area contributed by atoms with Gasteiger partial charge in [0.15, 0.2) is 5.96 Å². The Hall–Kier alpha value is -2.38. The fourth-order valence-electron chi connectivity index (χ4n) is 2.42. The molecule has 2 rings (SSSR count). The molecule has 2 aromatic rings.